The van der Waals surface area contributed by atoms with E-state index in [1.807, 2.05) is 120 Å². The second-order valence-corrected chi connectivity index (χ2v) is 25.7. The van der Waals surface area contributed by atoms with Crippen LogP contribution in [-0.2, 0) is 43.2 Å². The number of amides is 4. The minimum atomic E-state index is -1.27. The number of rotatable bonds is 21. The van der Waals surface area contributed by atoms with E-state index in [1.54, 1.807) is 0 Å². The van der Waals surface area contributed by atoms with Gasteiger partial charge >= 0.3 is 12.1 Å². The molecule has 4 amide bonds. The maximum absolute atomic E-state index is 15.1. The van der Waals surface area contributed by atoms with E-state index in [-0.39, 0.29) is 86.9 Å². The number of piperazine rings is 2. The predicted octanol–water partition coefficient (Wildman–Crippen LogP) is 9.51. The van der Waals surface area contributed by atoms with E-state index >= 15 is 8.78 Å². The number of hydrogen-bond acceptors (Lipinski definition) is 16. The maximum atomic E-state index is 15.1. The number of halogens is 4. The molecule has 0 aliphatic carbocycles. The predicted molar refractivity (Wildman–Crippen MR) is 350 cm³/mol. The molecule has 6 fully saturated rings. The molecule has 6 atom stereocenters. The van der Waals surface area contributed by atoms with Gasteiger partial charge in [-0.25, -0.2) is 46.5 Å². The van der Waals surface area contributed by atoms with Crippen LogP contribution in [0.1, 0.15) is 38.8 Å². The molecule has 8 heterocycles. The van der Waals surface area contributed by atoms with Crippen molar-refractivity contribution >= 4 is 46.2 Å². The summed E-state index contributed by atoms with van der Waals surface area (Å²) >= 11 is 0. The molecule has 22 nitrogen and oxygen atoms in total. The molecule has 8 aromatic rings. The molecule has 0 saturated carbocycles. The molecule has 26 heteroatoms. The highest BCUT2D eigenvalue weighted by molar-refractivity contribution is 5.97. The Morgan fingerprint density at radius 2 is 0.802 bits per heavy atom. The number of benzene rings is 6. The SMILES string of the molecule is CC(C)N1C(=O)N(c2ccc(N3CCN(c4ccc(OC[C@H]5OC[C@](Cn6cncn6)(c6ccc(F)cc6F)O5)cc4)CC3)cc2)CC1C1CN(c2ccc(N3CCN(c4ccc(OC[C@H]5OC[C@](Cn6cncn6)(c6ccc(F)cc6F)O5)cc4)CC3)cc2)C(=O)N1C(C)C. The first-order chi connectivity index (χ1) is 46.6. The summed E-state index contributed by atoms with van der Waals surface area (Å²) in [6, 6.07) is 38.1. The van der Waals surface area contributed by atoms with Crippen molar-refractivity contribution in [1.29, 1.82) is 0 Å². The summed E-state index contributed by atoms with van der Waals surface area (Å²) in [6.45, 7) is 15.7. The van der Waals surface area contributed by atoms with Gasteiger partial charge in [-0.15, -0.1) is 0 Å². The van der Waals surface area contributed by atoms with Crippen molar-refractivity contribution in [1.82, 2.24) is 39.3 Å². The first kappa shape index (κ1) is 63.9. The van der Waals surface area contributed by atoms with Crippen molar-refractivity contribution in [3.63, 3.8) is 0 Å². The molecular weight excluding hydrogens is 1240 g/mol. The van der Waals surface area contributed by atoms with Gasteiger partial charge in [0.2, 0.25) is 0 Å². The number of carbonyl (C=O) groups excluding carboxylic acids is 2. The quantitative estimate of drug-likeness (QED) is 0.0621. The number of aromatic nitrogens is 6. The van der Waals surface area contributed by atoms with Crippen LogP contribution in [0.3, 0.4) is 0 Å². The molecule has 0 spiro atoms. The highest BCUT2D eigenvalue weighted by atomic mass is 19.1. The third-order valence-corrected chi connectivity index (χ3v) is 19.0. The largest absolute Gasteiger partial charge is 0.488 e. The molecule has 0 radical (unpaired) electrons. The van der Waals surface area contributed by atoms with Crippen molar-refractivity contribution in [2.24, 2.45) is 0 Å². The standard InChI is InChI=1S/C70H76F4N14O8/c1-47(2)87-63(35-85(67(87)89)55-11-7-51(8-12-55)79-25-29-81(30-26-79)53-15-19-57(20-16-53)91-37-65-93-41-69(95-65,39-83-45-75-43-77-83)59-23-5-49(71)33-61(59)73)64-36-86(68(90)88(64)48(3)4)56-13-9-52(10-14-56)80-27-31-82(32-28-80)54-17-21-58(22-18-54)92-38-66-94-42-70(96-66,40-84-46-76-44-78-84)60-24-6-50(72)34-62(60)74/h5-24,33-34,43-48,63-66H,25-32,35-42H2,1-4H3/t63?,64?,65-,66-,69+,70+/m0/s1. The summed E-state index contributed by atoms with van der Waals surface area (Å²) in [5.41, 5.74) is 3.65. The van der Waals surface area contributed by atoms with Gasteiger partial charge in [0.25, 0.3) is 0 Å². The Morgan fingerprint density at radius 1 is 0.469 bits per heavy atom. The maximum Gasteiger partial charge on any atom is 0.325 e. The van der Waals surface area contributed by atoms with Crippen LogP contribution >= 0.6 is 0 Å². The van der Waals surface area contributed by atoms with E-state index in [0.29, 0.717) is 24.6 Å². The zero-order valence-electron chi connectivity index (χ0n) is 53.8. The summed E-state index contributed by atoms with van der Waals surface area (Å²) < 4.78 is 97.8. The average molecular weight is 1320 g/mol. The number of ether oxygens (including phenoxy) is 6. The number of nitrogens with zero attached hydrogens (tertiary/aromatic N) is 14. The van der Waals surface area contributed by atoms with Crippen molar-refractivity contribution in [3.8, 4) is 11.5 Å². The van der Waals surface area contributed by atoms with Gasteiger partial charge in [-0.1, -0.05) is 12.1 Å². The molecule has 6 aliphatic rings. The van der Waals surface area contributed by atoms with Crippen LogP contribution in [0, 0.1) is 23.3 Å². The minimum absolute atomic E-state index is 0.00194. The lowest BCUT2D eigenvalue weighted by Crippen LogP contribution is -2.53. The Morgan fingerprint density at radius 3 is 1.11 bits per heavy atom. The molecule has 96 heavy (non-hydrogen) atoms. The second-order valence-electron chi connectivity index (χ2n) is 25.7. The molecule has 0 bridgehead atoms. The molecule has 2 unspecified atom stereocenters. The van der Waals surface area contributed by atoms with Gasteiger partial charge in [0.05, 0.1) is 51.5 Å². The van der Waals surface area contributed by atoms with E-state index < -0.39 is 47.1 Å². The fourth-order valence-corrected chi connectivity index (χ4v) is 14.2. The molecule has 14 rings (SSSR count). The average Bonchev–Trinajstić information content (AvgIpc) is 1.60. The lowest BCUT2D eigenvalue weighted by atomic mass is 9.94. The Bertz CT molecular complexity index is 3720. The van der Waals surface area contributed by atoms with Crippen molar-refractivity contribution in [2.45, 2.75) is 88.7 Å². The normalized spacial score (nSPS) is 23.3. The van der Waals surface area contributed by atoms with Crippen LogP contribution in [0.15, 0.2) is 159 Å². The Labute approximate surface area is 553 Å². The monoisotopic (exact) mass is 1320 g/mol. The van der Waals surface area contributed by atoms with Crippen LogP contribution in [0.25, 0.3) is 0 Å². The fraction of sp³-hybridized carbons (Fsp3) is 0.400. The zero-order chi connectivity index (χ0) is 66.2. The topological polar surface area (TPSA) is 177 Å². The van der Waals surface area contributed by atoms with Crippen molar-refractivity contribution in [2.75, 3.05) is 121 Å². The smallest absolute Gasteiger partial charge is 0.325 e. The summed E-state index contributed by atoms with van der Waals surface area (Å²) in [6.07, 6.45) is 4.11. The number of carbonyl (C=O) groups is 2. The van der Waals surface area contributed by atoms with Gasteiger partial charge in [-0.2, -0.15) is 10.2 Å². The van der Waals surface area contributed by atoms with Gasteiger partial charge < -0.3 is 57.8 Å². The van der Waals surface area contributed by atoms with Gasteiger partial charge in [0, 0.05) is 122 Å². The van der Waals surface area contributed by atoms with Gasteiger partial charge in [0.15, 0.2) is 12.6 Å². The van der Waals surface area contributed by atoms with E-state index in [2.05, 4.69) is 64.0 Å². The third-order valence-electron chi connectivity index (χ3n) is 19.0. The lowest BCUT2D eigenvalue weighted by Gasteiger charge is -2.37. The van der Waals surface area contributed by atoms with Gasteiger partial charge in [-0.3, -0.25) is 9.80 Å². The number of anilines is 6. The van der Waals surface area contributed by atoms with Gasteiger partial charge in [0.1, 0.15) is 84.5 Å². The first-order valence-electron chi connectivity index (χ1n) is 32.6. The molecule has 502 valence electrons. The second kappa shape index (κ2) is 27.0. The number of urea groups is 2. The van der Waals surface area contributed by atoms with E-state index in [0.717, 1.165) is 98.6 Å². The molecule has 6 aromatic carbocycles. The minimum Gasteiger partial charge on any atom is -0.488 e. The van der Waals surface area contributed by atoms with E-state index in [9.17, 15) is 18.4 Å². The highest BCUT2D eigenvalue weighted by Gasteiger charge is 2.52. The van der Waals surface area contributed by atoms with Crippen molar-refractivity contribution < 1.29 is 55.6 Å². The summed E-state index contributed by atoms with van der Waals surface area (Å²) in [5, 5.41) is 8.33. The lowest BCUT2D eigenvalue weighted by molar-refractivity contribution is -0.117. The van der Waals surface area contributed by atoms with Crippen LogP contribution in [0.4, 0.5) is 61.3 Å². The van der Waals surface area contributed by atoms with Gasteiger partial charge in [-0.05, 0) is 137 Å². The third kappa shape index (κ3) is 13.0. The Hall–Kier alpha value is -9.50. The zero-order valence-corrected chi connectivity index (χ0v) is 53.8. The Balaban J connectivity index is 0.547. The molecule has 0 N–H and O–H groups in total. The number of hydrogen-bond donors (Lipinski definition) is 0. The molecular formula is C70H76F4N14O8. The van der Waals surface area contributed by atoms with Crippen LogP contribution in [0.5, 0.6) is 11.5 Å². The van der Waals surface area contributed by atoms with E-state index in [4.69, 9.17) is 28.4 Å². The molecule has 6 aliphatic heterocycles. The summed E-state index contributed by atoms with van der Waals surface area (Å²) in [4.78, 5) is 54.1. The summed E-state index contributed by atoms with van der Waals surface area (Å²) in [7, 11) is 0. The molecule has 2 aromatic heterocycles. The van der Waals surface area contributed by atoms with E-state index in [1.165, 1.54) is 58.9 Å². The van der Waals surface area contributed by atoms with Crippen molar-refractivity contribution in [3.05, 3.63) is 193 Å². The van der Waals surface area contributed by atoms with Crippen LogP contribution < -0.4 is 38.9 Å². The molecule has 6 saturated heterocycles. The highest BCUT2D eigenvalue weighted by Crippen LogP contribution is 2.41. The van der Waals surface area contributed by atoms with Crippen LogP contribution in [-0.4, -0.2) is 180 Å². The fourth-order valence-electron chi connectivity index (χ4n) is 14.2. The van der Waals surface area contributed by atoms with Crippen LogP contribution in [0.2, 0.25) is 0 Å². The Kier molecular flexibility index (Phi) is 17.9. The summed E-state index contributed by atoms with van der Waals surface area (Å²) in [5.74, 6) is -1.63. The first-order valence-corrected chi connectivity index (χ1v) is 32.6.